The quantitative estimate of drug-likeness (QED) is 0.846. The fourth-order valence-corrected chi connectivity index (χ4v) is 2.35. The molecule has 1 aromatic carbocycles. The van der Waals surface area contributed by atoms with Gasteiger partial charge in [0.1, 0.15) is 17.5 Å². The van der Waals surface area contributed by atoms with Crippen molar-refractivity contribution in [3.05, 3.63) is 24.3 Å². The average molecular weight is 309 g/mol. The van der Waals surface area contributed by atoms with Crippen LogP contribution in [0.15, 0.2) is 29.2 Å². The molecule has 116 valence electrons. The highest BCUT2D eigenvalue weighted by Crippen LogP contribution is 2.21. The summed E-state index contributed by atoms with van der Waals surface area (Å²) in [6.07, 6.45) is 1.55. The SMILES string of the molecule is CC(C)(C)OC(=O)N1CCC(Oc2ccc(S)cc2)CC1. The minimum absolute atomic E-state index is 0.148. The highest BCUT2D eigenvalue weighted by Gasteiger charge is 2.27. The Hall–Kier alpha value is -1.36. The van der Waals surface area contributed by atoms with Crippen molar-refractivity contribution in [1.29, 1.82) is 0 Å². The highest BCUT2D eigenvalue weighted by atomic mass is 32.1. The fraction of sp³-hybridized carbons (Fsp3) is 0.562. The highest BCUT2D eigenvalue weighted by molar-refractivity contribution is 7.80. The predicted molar refractivity (Wildman–Crippen MR) is 85.2 cm³/mol. The van der Waals surface area contributed by atoms with Gasteiger partial charge in [-0.05, 0) is 45.0 Å². The monoisotopic (exact) mass is 309 g/mol. The molecule has 0 radical (unpaired) electrons. The molecule has 0 bridgehead atoms. The van der Waals surface area contributed by atoms with Gasteiger partial charge in [-0.1, -0.05) is 0 Å². The lowest BCUT2D eigenvalue weighted by molar-refractivity contribution is 0.0126. The van der Waals surface area contributed by atoms with E-state index in [1.165, 1.54) is 0 Å². The van der Waals surface area contributed by atoms with Gasteiger partial charge >= 0.3 is 6.09 Å². The maximum atomic E-state index is 12.0. The predicted octanol–water partition coefficient (Wildman–Crippen LogP) is 3.75. The molecule has 4 nitrogen and oxygen atoms in total. The Kier molecular flexibility index (Phi) is 5.04. The van der Waals surface area contributed by atoms with Gasteiger partial charge in [0.05, 0.1) is 0 Å². The number of carbonyl (C=O) groups excluding carboxylic acids is 1. The molecule has 0 spiro atoms. The minimum Gasteiger partial charge on any atom is -0.490 e. The van der Waals surface area contributed by atoms with E-state index in [-0.39, 0.29) is 12.2 Å². The first-order chi connectivity index (χ1) is 9.83. The topological polar surface area (TPSA) is 38.8 Å². The fourth-order valence-electron chi connectivity index (χ4n) is 2.20. The van der Waals surface area contributed by atoms with Gasteiger partial charge in [-0.25, -0.2) is 4.79 Å². The van der Waals surface area contributed by atoms with E-state index in [0.29, 0.717) is 13.1 Å². The largest absolute Gasteiger partial charge is 0.490 e. The van der Waals surface area contributed by atoms with Gasteiger partial charge in [0.15, 0.2) is 0 Å². The van der Waals surface area contributed by atoms with Crippen LogP contribution in [0.1, 0.15) is 33.6 Å². The van der Waals surface area contributed by atoms with Gasteiger partial charge in [0.2, 0.25) is 0 Å². The van der Waals surface area contributed by atoms with Crippen LogP contribution >= 0.6 is 12.6 Å². The van der Waals surface area contributed by atoms with Crippen molar-refractivity contribution in [2.75, 3.05) is 13.1 Å². The first-order valence-corrected chi connectivity index (χ1v) is 7.72. The van der Waals surface area contributed by atoms with Gasteiger partial charge < -0.3 is 14.4 Å². The zero-order chi connectivity index (χ0) is 15.5. The molecule has 1 aromatic rings. The van der Waals surface area contributed by atoms with Crippen LogP contribution in [-0.2, 0) is 4.74 Å². The average Bonchev–Trinajstić information content (AvgIpc) is 2.40. The van der Waals surface area contributed by atoms with Crippen LogP contribution in [0.2, 0.25) is 0 Å². The Morgan fingerprint density at radius 2 is 1.76 bits per heavy atom. The van der Waals surface area contributed by atoms with Gasteiger partial charge in [0.25, 0.3) is 0 Å². The van der Waals surface area contributed by atoms with Crippen LogP contribution in [0, 0.1) is 0 Å². The van der Waals surface area contributed by atoms with E-state index >= 15 is 0 Å². The van der Waals surface area contributed by atoms with E-state index in [4.69, 9.17) is 9.47 Å². The maximum absolute atomic E-state index is 12.0. The molecule has 0 atom stereocenters. The van der Waals surface area contributed by atoms with Gasteiger partial charge in [0, 0.05) is 30.8 Å². The summed E-state index contributed by atoms with van der Waals surface area (Å²) in [5.41, 5.74) is -0.445. The lowest BCUT2D eigenvalue weighted by atomic mass is 10.1. The number of nitrogens with zero attached hydrogens (tertiary/aromatic N) is 1. The van der Waals surface area contributed by atoms with Crippen molar-refractivity contribution in [2.45, 2.75) is 50.2 Å². The Morgan fingerprint density at radius 1 is 1.19 bits per heavy atom. The van der Waals surface area contributed by atoms with E-state index in [1.807, 2.05) is 45.0 Å². The molecule has 1 saturated heterocycles. The molecule has 0 aliphatic carbocycles. The molecule has 0 aromatic heterocycles. The standard InChI is InChI=1S/C16H23NO3S/c1-16(2,3)20-15(18)17-10-8-13(9-11-17)19-12-4-6-14(21)7-5-12/h4-7,13,21H,8-11H2,1-3H3. The zero-order valence-electron chi connectivity index (χ0n) is 12.8. The normalized spacial score (nSPS) is 16.7. The summed E-state index contributed by atoms with van der Waals surface area (Å²) in [6, 6.07) is 7.66. The molecule has 1 amide bonds. The molecule has 2 rings (SSSR count). The number of likely N-dealkylation sites (tertiary alicyclic amines) is 1. The molecule has 0 unspecified atom stereocenters. The first-order valence-electron chi connectivity index (χ1n) is 7.27. The van der Waals surface area contributed by atoms with Crippen LogP contribution in [-0.4, -0.2) is 35.8 Å². The second kappa shape index (κ2) is 6.60. The maximum Gasteiger partial charge on any atom is 0.410 e. The Bertz CT molecular complexity index is 473. The van der Waals surface area contributed by atoms with Gasteiger partial charge in [-0.2, -0.15) is 0 Å². The number of carbonyl (C=O) groups is 1. The molecular weight excluding hydrogens is 286 g/mol. The summed E-state index contributed by atoms with van der Waals surface area (Å²) in [6.45, 7) is 6.98. The molecule has 1 aliphatic heterocycles. The Balaban J connectivity index is 1.80. The van der Waals surface area contributed by atoms with Gasteiger partial charge in [-0.15, -0.1) is 12.6 Å². The number of hydrogen-bond acceptors (Lipinski definition) is 4. The Morgan fingerprint density at radius 3 is 2.29 bits per heavy atom. The molecule has 5 heteroatoms. The third-order valence-electron chi connectivity index (χ3n) is 3.23. The number of hydrogen-bond donors (Lipinski definition) is 1. The third-order valence-corrected chi connectivity index (χ3v) is 3.53. The van der Waals surface area contributed by atoms with Crippen LogP contribution in [0.25, 0.3) is 0 Å². The van der Waals surface area contributed by atoms with E-state index in [9.17, 15) is 4.79 Å². The molecule has 0 saturated carbocycles. The summed E-state index contributed by atoms with van der Waals surface area (Å²) in [5, 5.41) is 0. The van der Waals surface area contributed by atoms with Gasteiger partial charge in [-0.3, -0.25) is 0 Å². The van der Waals surface area contributed by atoms with Crippen molar-refractivity contribution in [3.8, 4) is 5.75 Å². The first kappa shape index (κ1) is 16.0. The second-order valence-electron chi connectivity index (χ2n) is 6.28. The summed E-state index contributed by atoms with van der Waals surface area (Å²) >= 11 is 4.25. The van der Waals surface area contributed by atoms with Crippen molar-refractivity contribution in [1.82, 2.24) is 4.90 Å². The van der Waals surface area contributed by atoms with Crippen LogP contribution < -0.4 is 4.74 Å². The third kappa shape index (κ3) is 5.16. The van der Waals surface area contributed by atoms with Crippen molar-refractivity contribution >= 4 is 18.7 Å². The number of thiol groups is 1. The lowest BCUT2D eigenvalue weighted by Gasteiger charge is -2.33. The van der Waals surface area contributed by atoms with E-state index < -0.39 is 5.60 Å². The minimum atomic E-state index is -0.445. The van der Waals surface area contributed by atoms with E-state index in [2.05, 4.69) is 12.6 Å². The van der Waals surface area contributed by atoms with Crippen molar-refractivity contribution < 1.29 is 14.3 Å². The van der Waals surface area contributed by atoms with E-state index in [1.54, 1.807) is 4.90 Å². The second-order valence-corrected chi connectivity index (χ2v) is 6.79. The van der Waals surface area contributed by atoms with Crippen molar-refractivity contribution in [3.63, 3.8) is 0 Å². The molecule has 1 aliphatic rings. The molecular formula is C16H23NO3S. The van der Waals surface area contributed by atoms with Crippen molar-refractivity contribution in [2.24, 2.45) is 0 Å². The summed E-state index contributed by atoms with van der Waals surface area (Å²) in [7, 11) is 0. The number of amides is 1. The molecule has 1 fully saturated rings. The summed E-state index contributed by atoms with van der Waals surface area (Å²) in [5.74, 6) is 0.850. The van der Waals surface area contributed by atoms with Crippen LogP contribution in [0.4, 0.5) is 4.79 Å². The number of piperidine rings is 1. The lowest BCUT2D eigenvalue weighted by Crippen LogP contribution is -2.44. The smallest absolute Gasteiger partial charge is 0.410 e. The number of ether oxygens (including phenoxy) is 2. The Labute approximate surface area is 131 Å². The zero-order valence-corrected chi connectivity index (χ0v) is 13.7. The molecule has 21 heavy (non-hydrogen) atoms. The summed E-state index contributed by atoms with van der Waals surface area (Å²) < 4.78 is 11.3. The number of benzene rings is 1. The summed E-state index contributed by atoms with van der Waals surface area (Å²) in [4.78, 5) is 14.6. The molecule has 1 heterocycles. The van der Waals surface area contributed by atoms with E-state index in [0.717, 1.165) is 23.5 Å². The van der Waals surface area contributed by atoms with Crippen LogP contribution in [0.5, 0.6) is 5.75 Å². The van der Waals surface area contributed by atoms with Crippen LogP contribution in [0.3, 0.4) is 0 Å². The molecule has 0 N–H and O–H groups in total. The number of rotatable bonds is 2.